The van der Waals surface area contributed by atoms with Crippen LogP contribution in [0.1, 0.15) is 50.7 Å². The van der Waals surface area contributed by atoms with Crippen LogP contribution in [0.4, 0.5) is 5.69 Å². The van der Waals surface area contributed by atoms with Gasteiger partial charge in [-0.05, 0) is 40.6 Å². The van der Waals surface area contributed by atoms with Gasteiger partial charge in [0, 0.05) is 15.1 Å². The predicted molar refractivity (Wildman–Crippen MR) is 71.1 cm³/mol. The molecule has 0 amide bonds. The Kier molecular flexibility index (Phi) is 4.39. The quantitative estimate of drug-likeness (QED) is 0.391. The second-order valence-corrected chi connectivity index (χ2v) is 5.35. The molecule has 0 spiro atoms. The number of nitrogens with zero attached hydrogens (tertiary/aromatic N) is 3. The van der Waals surface area contributed by atoms with E-state index in [9.17, 15) is 0 Å². The fraction of sp³-hybridized carbons (Fsp3) is 0.500. The summed E-state index contributed by atoms with van der Waals surface area (Å²) in [5.74, 6) is 0.686. The van der Waals surface area contributed by atoms with Gasteiger partial charge in [0.05, 0.1) is 0 Å². The molecule has 86 valence electrons. The van der Waals surface area contributed by atoms with Crippen LogP contribution in [0.5, 0.6) is 0 Å². The van der Waals surface area contributed by atoms with Crippen LogP contribution in [0.2, 0.25) is 0 Å². The van der Waals surface area contributed by atoms with Crippen molar-refractivity contribution in [2.45, 2.75) is 39.5 Å². The molecular formula is C12H16BrN3. The van der Waals surface area contributed by atoms with Gasteiger partial charge in [-0.15, -0.1) is 0 Å². The molecule has 0 N–H and O–H groups in total. The molecule has 4 heteroatoms. The number of rotatable bonds is 3. The third-order valence-electron chi connectivity index (χ3n) is 2.52. The molecule has 0 fully saturated rings. The highest BCUT2D eigenvalue weighted by Gasteiger charge is 2.13. The second-order valence-electron chi connectivity index (χ2n) is 4.43. The maximum absolute atomic E-state index is 8.65. The number of hydrogen-bond acceptors (Lipinski definition) is 1. The maximum atomic E-state index is 8.65. The summed E-state index contributed by atoms with van der Waals surface area (Å²) >= 11 is 3.50. The SMILES string of the molecule is CC(C)c1cc(Br)cc(C(C)C)c1N=[N+]=[N-]. The highest BCUT2D eigenvalue weighted by molar-refractivity contribution is 9.10. The normalized spacial score (nSPS) is 10.7. The molecule has 1 aromatic rings. The standard InChI is InChI=1S/C12H16BrN3/c1-7(2)10-5-9(13)6-11(8(3)4)12(10)15-16-14/h5-8H,1-4H3. The number of hydrogen-bond donors (Lipinski definition) is 0. The van der Waals surface area contributed by atoms with Crippen LogP contribution in [-0.4, -0.2) is 0 Å². The summed E-state index contributed by atoms with van der Waals surface area (Å²) in [5.41, 5.74) is 11.6. The third-order valence-corrected chi connectivity index (χ3v) is 2.98. The molecule has 0 saturated heterocycles. The molecule has 0 unspecified atom stereocenters. The Morgan fingerprint density at radius 3 is 1.88 bits per heavy atom. The number of halogens is 1. The summed E-state index contributed by atoms with van der Waals surface area (Å²) in [5, 5.41) is 3.85. The van der Waals surface area contributed by atoms with Crippen molar-refractivity contribution in [1.82, 2.24) is 0 Å². The average molecular weight is 282 g/mol. The van der Waals surface area contributed by atoms with E-state index in [2.05, 4.69) is 53.7 Å². The summed E-state index contributed by atoms with van der Waals surface area (Å²) in [6.45, 7) is 8.40. The lowest BCUT2D eigenvalue weighted by Crippen LogP contribution is -1.95. The Labute approximate surface area is 105 Å². The van der Waals surface area contributed by atoms with Crippen LogP contribution in [-0.2, 0) is 0 Å². The van der Waals surface area contributed by atoms with Crippen LogP contribution in [0.25, 0.3) is 10.4 Å². The first-order chi connectivity index (χ1) is 7.47. The lowest BCUT2D eigenvalue weighted by molar-refractivity contribution is 0.832. The van der Waals surface area contributed by atoms with E-state index in [1.165, 1.54) is 0 Å². The number of benzene rings is 1. The zero-order valence-electron chi connectivity index (χ0n) is 10.0. The topological polar surface area (TPSA) is 48.8 Å². The van der Waals surface area contributed by atoms with Gasteiger partial charge < -0.3 is 0 Å². The first-order valence-electron chi connectivity index (χ1n) is 5.35. The molecule has 0 aliphatic carbocycles. The van der Waals surface area contributed by atoms with Crippen LogP contribution in [0.3, 0.4) is 0 Å². The van der Waals surface area contributed by atoms with Gasteiger partial charge >= 0.3 is 0 Å². The lowest BCUT2D eigenvalue weighted by atomic mass is 9.93. The first-order valence-corrected chi connectivity index (χ1v) is 6.15. The molecule has 0 radical (unpaired) electrons. The van der Waals surface area contributed by atoms with Gasteiger partial charge in [-0.25, -0.2) is 0 Å². The fourth-order valence-corrected chi connectivity index (χ4v) is 2.18. The second kappa shape index (κ2) is 5.37. The van der Waals surface area contributed by atoms with Crippen molar-refractivity contribution >= 4 is 21.6 Å². The summed E-state index contributed by atoms with van der Waals surface area (Å²) in [6, 6.07) is 4.06. The summed E-state index contributed by atoms with van der Waals surface area (Å²) in [4.78, 5) is 2.93. The Balaban J connectivity index is 3.53. The van der Waals surface area contributed by atoms with Crippen molar-refractivity contribution in [3.8, 4) is 0 Å². The fourth-order valence-electron chi connectivity index (χ4n) is 1.68. The lowest BCUT2D eigenvalue weighted by Gasteiger charge is -2.16. The highest BCUT2D eigenvalue weighted by Crippen LogP contribution is 2.37. The largest absolute Gasteiger partial charge is 0.0602 e. The van der Waals surface area contributed by atoms with Gasteiger partial charge in [0.2, 0.25) is 0 Å². The first kappa shape index (κ1) is 13.1. The van der Waals surface area contributed by atoms with E-state index in [1.807, 2.05) is 12.1 Å². The smallest absolute Gasteiger partial charge is 0.0445 e. The molecular weight excluding hydrogens is 266 g/mol. The molecule has 0 aliphatic rings. The predicted octanol–water partition coefficient (Wildman–Crippen LogP) is 5.64. The third kappa shape index (κ3) is 2.77. The summed E-state index contributed by atoms with van der Waals surface area (Å²) in [7, 11) is 0. The van der Waals surface area contributed by atoms with E-state index in [1.54, 1.807) is 0 Å². The van der Waals surface area contributed by atoms with E-state index in [0.717, 1.165) is 21.3 Å². The van der Waals surface area contributed by atoms with Gasteiger partial charge in [0.15, 0.2) is 0 Å². The van der Waals surface area contributed by atoms with Crippen LogP contribution in [0.15, 0.2) is 21.7 Å². The van der Waals surface area contributed by atoms with Gasteiger partial charge in [-0.2, -0.15) is 0 Å². The molecule has 1 rings (SSSR count). The molecule has 0 bridgehead atoms. The minimum Gasteiger partial charge on any atom is -0.0602 e. The maximum Gasteiger partial charge on any atom is 0.0445 e. The monoisotopic (exact) mass is 281 g/mol. The summed E-state index contributed by atoms with van der Waals surface area (Å²) < 4.78 is 1.04. The van der Waals surface area contributed by atoms with Gasteiger partial charge in [0.25, 0.3) is 0 Å². The van der Waals surface area contributed by atoms with Gasteiger partial charge in [0.1, 0.15) is 0 Å². The molecule has 3 nitrogen and oxygen atoms in total. The Hall–Kier alpha value is -0.990. The molecule has 0 heterocycles. The Morgan fingerprint density at radius 1 is 1.12 bits per heavy atom. The highest BCUT2D eigenvalue weighted by atomic mass is 79.9. The molecule has 0 aliphatic heterocycles. The van der Waals surface area contributed by atoms with Crippen molar-refractivity contribution in [2.24, 2.45) is 5.11 Å². The van der Waals surface area contributed by atoms with Gasteiger partial charge in [-0.3, -0.25) is 0 Å². The van der Waals surface area contributed by atoms with Crippen molar-refractivity contribution in [3.63, 3.8) is 0 Å². The van der Waals surface area contributed by atoms with E-state index in [4.69, 9.17) is 5.53 Å². The summed E-state index contributed by atoms with van der Waals surface area (Å²) in [6.07, 6.45) is 0. The minimum absolute atomic E-state index is 0.343. The van der Waals surface area contributed by atoms with E-state index in [-0.39, 0.29) is 0 Å². The van der Waals surface area contributed by atoms with Crippen molar-refractivity contribution in [2.75, 3.05) is 0 Å². The van der Waals surface area contributed by atoms with Crippen LogP contribution < -0.4 is 0 Å². The van der Waals surface area contributed by atoms with E-state index in [0.29, 0.717) is 11.8 Å². The molecule has 16 heavy (non-hydrogen) atoms. The van der Waals surface area contributed by atoms with Crippen molar-refractivity contribution in [1.29, 1.82) is 0 Å². The van der Waals surface area contributed by atoms with Crippen LogP contribution >= 0.6 is 15.9 Å². The molecule has 0 atom stereocenters. The zero-order chi connectivity index (χ0) is 12.3. The van der Waals surface area contributed by atoms with Crippen LogP contribution in [0, 0.1) is 0 Å². The van der Waals surface area contributed by atoms with Gasteiger partial charge in [-0.1, -0.05) is 48.7 Å². The van der Waals surface area contributed by atoms with E-state index < -0.39 is 0 Å². The van der Waals surface area contributed by atoms with Crippen molar-refractivity contribution in [3.05, 3.63) is 38.2 Å². The molecule has 0 aromatic heterocycles. The molecule has 1 aromatic carbocycles. The zero-order valence-corrected chi connectivity index (χ0v) is 11.6. The Morgan fingerprint density at radius 2 is 1.56 bits per heavy atom. The average Bonchev–Trinajstić information content (AvgIpc) is 2.19. The van der Waals surface area contributed by atoms with E-state index >= 15 is 0 Å². The molecule has 0 saturated carbocycles. The Bertz CT molecular complexity index is 403. The number of azide groups is 1. The van der Waals surface area contributed by atoms with Crippen molar-refractivity contribution < 1.29 is 0 Å². The minimum atomic E-state index is 0.343.